The number of anilines is 1. The van der Waals surface area contributed by atoms with Crippen LogP contribution in [0, 0.1) is 11.3 Å². The van der Waals surface area contributed by atoms with Crippen LogP contribution in [0.2, 0.25) is 5.02 Å². The van der Waals surface area contributed by atoms with Gasteiger partial charge in [-0.15, -0.1) is 0 Å². The van der Waals surface area contributed by atoms with Crippen LogP contribution < -0.4 is 5.73 Å². The van der Waals surface area contributed by atoms with Crippen LogP contribution in [-0.2, 0) is 0 Å². The van der Waals surface area contributed by atoms with Gasteiger partial charge in [-0.2, -0.15) is 5.26 Å². The summed E-state index contributed by atoms with van der Waals surface area (Å²) in [5.41, 5.74) is 6.68. The van der Waals surface area contributed by atoms with Gasteiger partial charge in [0, 0.05) is 12.4 Å². The first-order chi connectivity index (χ1) is 7.22. The molecule has 0 saturated carbocycles. The van der Waals surface area contributed by atoms with Crippen molar-refractivity contribution >= 4 is 17.3 Å². The van der Waals surface area contributed by atoms with Gasteiger partial charge in [-0.05, 0) is 18.2 Å². The van der Waals surface area contributed by atoms with Crippen molar-refractivity contribution in [2.75, 3.05) is 5.73 Å². The second-order valence-corrected chi connectivity index (χ2v) is 3.38. The van der Waals surface area contributed by atoms with Crippen LogP contribution in [0.4, 0.5) is 5.69 Å². The van der Waals surface area contributed by atoms with Crippen LogP contribution in [-0.4, -0.2) is 9.55 Å². The quantitative estimate of drug-likeness (QED) is 0.796. The summed E-state index contributed by atoms with van der Waals surface area (Å²) >= 11 is 5.74. The fraction of sp³-hybridized carbons (Fsp3) is 0. The van der Waals surface area contributed by atoms with E-state index in [1.54, 1.807) is 29.0 Å². The summed E-state index contributed by atoms with van der Waals surface area (Å²) in [6.45, 7) is 0. The van der Waals surface area contributed by atoms with Crippen molar-refractivity contribution in [2.24, 2.45) is 0 Å². The molecule has 5 heteroatoms. The van der Waals surface area contributed by atoms with E-state index in [0.29, 0.717) is 22.2 Å². The highest BCUT2D eigenvalue weighted by Crippen LogP contribution is 2.20. The molecule has 2 aromatic heterocycles. The summed E-state index contributed by atoms with van der Waals surface area (Å²) in [5, 5.41) is 9.32. The lowest BCUT2D eigenvalue weighted by Gasteiger charge is -2.06. The Hall–Kier alpha value is -1.99. The Morgan fingerprint density at radius 3 is 3.00 bits per heavy atom. The molecular weight excluding hydrogens is 212 g/mol. The number of hydrogen-bond donors (Lipinski definition) is 1. The number of nitrogen functional groups attached to an aromatic ring is 1. The highest BCUT2D eigenvalue weighted by atomic mass is 35.5. The number of rotatable bonds is 1. The fourth-order valence-electron chi connectivity index (χ4n) is 1.31. The zero-order valence-corrected chi connectivity index (χ0v) is 8.44. The maximum absolute atomic E-state index is 8.85. The predicted molar refractivity (Wildman–Crippen MR) is 57.7 cm³/mol. The number of nitrogens with zero attached hydrogens (tertiary/aromatic N) is 3. The van der Waals surface area contributed by atoms with E-state index >= 15 is 0 Å². The lowest BCUT2D eigenvalue weighted by Crippen LogP contribution is -2.03. The van der Waals surface area contributed by atoms with Crippen LogP contribution in [0.1, 0.15) is 5.69 Å². The van der Waals surface area contributed by atoms with Crippen LogP contribution in [0.25, 0.3) is 5.82 Å². The van der Waals surface area contributed by atoms with Gasteiger partial charge in [0.2, 0.25) is 0 Å². The second kappa shape index (κ2) is 3.64. The van der Waals surface area contributed by atoms with Crippen LogP contribution >= 0.6 is 11.6 Å². The van der Waals surface area contributed by atoms with Crippen molar-refractivity contribution in [3.63, 3.8) is 0 Å². The van der Waals surface area contributed by atoms with Crippen molar-refractivity contribution in [3.05, 3.63) is 41.3 Å². The minimum absolute atomic E-state index is 0.440. The molecule has 0 unspecified atom stereocenters. The SMILES string of the molecule is N#Cc1cccn1-c1ncc(Cl)cc1N. The van der Waals surface area contributed by atoms with Crippen LogP contribution in [0.15, 0.2) is 30.6 Å². The smallest absolute Gasteiger partial charge is 0.161 e. The molecule has 0 fully saturated rings. The molecule has 0 radical (unpaired) electrons. The van der Waals surface area contributed by atoms with Gasteiger partial charge in [0.1, 0.15) is 11.8 Å². The molecule has 0 aliphatic heterocycles. The van der Waals surface area contributed by atoms with Gasteiger partial charge in [0.25, 0.3) is 0 Å². The summed E-state index contributed by atoms with van der Waals surface area (Å²) in [6.07, 6.45) is 3.22. The average Bonchev–Trinajstić information content (AvgIpc) is 2.65. The van der Waals surface area contributed by atoms with Gasteiger partial charge in [0.05, 0.1) is 10.7 Å². The summed E-state index contributed by atoms with van der Waals surface area (Å²) < 4.78 is 1.62. The van der Waals surface area contributed by atoms with Gasteiger partial charge in [0.15, 0.2) is 5.82 Å². The zero-order valence-electron chi connectivity index (χ0n) is 7.68. The van der Waals surface area contributed by atoms with Gasteiger partial charge >= 0.3 is 0 Å². The Kier molecular flexibility index (Phi) is 2.32. The molecule has 0 saturated heterocycles. The van der Waals surface area contributed by atoms with E-state index in [1.807, 2.05) is 0 Å². The molecule has 2 aromatic rings. The first kappa shape index (κ1) is 9.56. The molecular formula is C10H7ClN4. The number of aromatic nitrogens is 2. The van der Waals surface area contributed by atoms with E-state index in [9.17, 15) is 0 Å². The number of hydrogen-bond acceptors (Lipinski definition) is 3. The highest BCUT2D eigenvalue weighted by molar-refractivity contribution is 6.30. The molecule has 2 heterocycles. The Morgan fingerprint density at radius 1 is 1.53 bits per heavy atom. The fourth-order valence-corrected chi connectivity index (χ4v) is 1.47. The van der Waals surface area contributed by atoms with Crippen molar-refractivity contribution in [2.45, 2.75) is 0 Å². The van der Waals surface area contributed by atoms with Crippen LogP contribution in [0.3, 0.4) is 0 Å². The van der Waals surface area contributed by atoms with Crippen molar-refractivity contribution in [3.8, 4) is 11.9 Å². The minimum atomic E-state index is 0.440. The number of halogens is 1. The summed E-state index contributed by atoms with van der Waals surface area (Å²) in [4.78, 5) is 4.08. The van der Waals surface area contributed by atoms with E-state index in [0.717, 1.165) is 0 Å². The molecule has 0 amide bonds. The molecule has 2 N–H and O–H groups in total. The molecule has 0 spiro atoms. The topological polar surface area (TPSA) is 67.6 Å². The zero-order chi connectivity index (χ0) is 10.8. The highest BCUT2D eigenvalue weighted by Gasteiger charge is 2.07. The molecule has 0 bridgehead atoms. The van der Waals surface area contributed by atoms with E-state index < -0.39 is 0 Å². The standard InChI is InChI=1S/C10H7ClN4/c11-7-4-9(13)10(14-6-7)15-3-1-2-8(15)5-12/h1-4,6H,13H2. The van der Waals surface area contributed by atoms with E-state index in [1.165, 1.54) is 6.20 Å². The third-order valence-corrected chi connectivity index (χ3v) is 2.16. The maximum Gasteiger partial charge on any atom is 0.161 e. The molecule has 0 atom stereocenters. The van der Waals surface area contributed by atoms with E-state index in [-0.39, 0.29) is 0 Å². The normalized spacial score (nSPS) is 9.87. The molecule has 15 heavy (non-hydrogen) atoms. The van der Waals surface area contributed by atoms with Crippen molar-refractivity contribution < 1.29 is 0 Å². The second-order valence-electron chi connectivity index (χ2n) is 2.94. The van der Waals surface area contributed by atoms with Gasteiger partial charge in [-0.25, -0.2) is 4.98 Å². The first-order valence-corrected chi connectivity index (χ1v) is 4.59. The minimum Gasteiger partial charge on any atom is -0.396 e. The van der Waals surface area contributed by atoms with Gasteiger partial charge < -0.3 is 5.73 Å². The average molecular weight is 219 g/mol. The Balaban J connectivity index is 2.60. The van der Waals surface area contributed by atoms with E-state index in [2.05, 4.69) is 11.1 Å². The summed E-state index contributed by atoms with van der Waals surface area (Å²) in [6, 6.07) is 7.10. The molecule has 0 aliphatic rings. The lowest BCUT2D eigenvalue weighted by molar-refractivity contribution is 0.993. The predicted octanol–water partition coefficient (Wildman–Crippen LogP) is 1.98. The van der Waals surface area contributed by atoms with Crippen molar-refractivity contribution in [1.29, 1.82) is 5.26 Å². The lowest BCUT2D eigenvalue weighted by atomic mass is 10.4. The first-order valence-electron chi connectivity index (χ1n) is 4.21. The number of nitriles is 1. The largest absolute Gasteiger partial charge is 0.396 e. The maximum atomic E-state index is 8.85. The summed E-state index contributed by atoms with van der Waals surface area (Å²) in [5.74, 6) is 0.515. The number of pyridine rings is 1. The van der Waals surface area contributed by atoms with Crippen LogP contribution in [0.5, 0.6) is 0 Å². The molecule has 74 valence electrons. The number of nitrogens with two attached hydrogens (primary N) is 1. The molecule has 0 aliphatic carbocycles. The molecule has 0 aromatic carbocycles. The van der Waals surface area contributed by atoms with Gasteiger partial charge in [-0.1, -0.05) is 11.6 Å². The molecule has 4 nitrogen and oxygen atoms in total. The summed E-state index contributed by atoms with van der Waals surface area (Å²) in [7, 11) is 0. The Labute approximate surface area is 91.5 Å². The Morgan fingerprint density at radius 2 is 2.33 bits per heavy atom. The Bertz CT molecular complexity index is 539. The van der Waals surface area contributed by atoms with Gasteiger partial charge in [-0.3, -0.25) is 4.57 Å². The van der Waals surface area contributed by atoms with Crippen molar-refractivity contribution in [1.82, 2.24) is 9.55 Å². The monoisotopic (exact) mass is 218 g/mol. The molecule has 2 rings (SSSR count). The third-order valence-electron chi connectivity index (χ3n) is 1.95. The third kappa shape index (κ3) is 1.65. The van der Waals surface area contributed by atoms with E-state index in [4.69, 9.17) is 22.6 Å².